The summed E-state index contributed by atoms with van der Waals surface area (Å²) in [5.41, 5.74) is 7.43. The predicted molar refractivity (Wildman–Crippen MR) is 90.6 cm³/mol. The number of hydrogen-bond donors (Lipinski definition) is 1. The van der Waals surface area contributed by atoms with E-state index in [1.54, 1.807) is 18.2 Å². The molecule has 2 aromatic carbocycles. The Morgan fingerprint density at radius 3 is 2.38 bits per heavy atom. The van der Waals surface area contributed by atoms with Crippen molar-refractivity contribution in [2.24, 2.45) is 0 Å². The molecule has 2 N–H and O–H groups in total. The topological polar surface area (TPSA) is 81.9 Å². The van der Waals surface area contributed by atoms with Gasteiger partial charge in [0.15, 0.2) is 0 Å². The number of carbonyl (C=O) groups excluding carboxylic acids is 2. The highest BCUT2D eigenvalue weighted by atomic mass is 16.5. The van der Waals surface area contributed by atoms with Crippen molar-refractivity contribution in [1.82, 2.24) is 4.90 Å². The van der Waals surface area contributed by atoms with Crippen LogP contribution in [0.4, 0.5) is 5.69 Å². The molecule has 24 heavy (non-hydrogen) atoms. The molecule has 126 valence electrons. The Balaban J connectivity index is 2.32. The van der Waals surface area contributed by atoms with Crippen LogP contribution in [-0.2, 0) is 16.1 Å². The van der Waals surface area contributed by atoms with Gasteiger partial charge in [-0.2, -0.15) is 0 Å². The summed E-state index contributed by atoms with van der Waals surface area (Å²) in [6, 6.07) is 14.4. The molecule has 0 fully saturated rings. The van der Waals surface area contributed by atoms with E-state index in [1.165, 1.54) is 19.1 Å². The highest BCUT2D eigenvalue weighted by Gasteiger charge is 2.22. The van der Waals surface area contributed by atoms with Crippen molar-refractivity contribution in [1.29, 1.82) is 0 Å². The van der Waals surface area contributed by atoms with E-state index in [2.05, 4.69) is 0 Å². The van der Waals surface area contributed by atoms with Gasteiger partial charge in [0.1, 0.15) is 12.3 Å². The second kappa shape index (κ2) is 8.01. The van der Waals surface area contributed by atoms with Gasteiger partial charge in [-0.15, -0.1) is 0 Å². The Morgan fingerprint density at radius 1 is 1.04 bits per heavy atom. The first-order valence-corrected chi connectivity index (χ1v) is 7.39. The van der Waals surface area contributed by atoms with Gasteiger partial charge in [0.05, 0.1) is 25.5 Å². The number of para-hydroxylation sites is 1. The van der Waals surface area contributed by atoms with Crippen LogP contribution in [0.25, 0.3) is 0 Å². The van der Waals surface area contributed by atoms with Crippen LogP contribution in [0.3, 0.4) is 0 Å². The van der Waals surface area contributed by atoms with Crippen LogP contribution in [-0.4, -0.2) is 37.5 Å². The Hall–Kier alpha value is -3.02. The highest BCUT2D eigenvalue weighted by Crippen LogP contribution is 2.26. The first kappa shape index (κ1) is 17.3. The lowest BCUT2D eigenvalue weighted by Gasteiger charge is -2.22. The normalized spacial score (nSPS) is 10.1. The van der Waals surface area contributed by atoms with Gasteiger partial charge in [0, 0.05) is 6.54 Å². The zero-order valence-electron chi connectivity index (χ0n) is 13.7. The number of carbonyl (C=O) groups is 2. The molecule has 0 bridgehead atoms. The fourth-order valence-electron chi connectivity index (χ4n) is 2.30. The minimum Gasteiger partial charge on any atom is -0.495 e. The molecule has 0 unspecified atom stereocenters. The number of methoxy groups -OCH3 is 2. The number of anilines is 1. The van der Waals surface area contributed by atoms with E-state index in [4.69, 9.17) is 15.2 Å². The Bertz CT molecular complexity index is 716. The highest BCUT2D eigenvalue weighted by molar-refractivity contribution is 6.01. The van der Waals surface area contributed by atoms with Crippen molar-refractivity contribution >= 4 is 17.6 Å². The Morgan fingerprint density at radius 2 is 1.75 bits per heavy atom. The van der Waals surface area contributed by atoms with Crippen LogP contribution in [0.15, 0.2) is 48.5 Å². The van der Waals surface area contributed by atoms with Gasteiger partial charge >= 0.3 is 5.97 Å². The molecule has 0 radical (unpaired) electrons. The minimum absolute atomic E-state index is 0.166. The standard InChI is InChI=1S/C18H20N2O4/c1-23-15-10-6-9-14(17(15)19)18(22)20(12-16(21)24-2)11-13-7-4-3-5-8-13/h3-10H,11-12,19H2,1-2H3. The first-order valence-electron chi connectivity index (χ1n) is 7.39. The first-order chi connectivity index (χ1) is 11.6. The molecule has 0 aliphatic rings. The SMILES string of the molecule is COC(=O)CN(Cc1ccccc1)C(=O)c1cccc(OC)c1N. The van der Waals surface area contributed by atoms with Crippen molar-refractivity contribution in [3.63, 3.8) is 0 Å². The van der Waals surface area contributed by atoms with E-state index in [9.17, 15) is 9.59 Å². The van der Waals surface area contributed by atoms with Gasteiger partial charge in [-0.3, -0.25) is 9.59 Å². The molecule has 2 aromatic rings. The molecule has 0 heterocycles. The third kappa shape index (κ3) is 4.04. The number of nitrogens with zero attached hydrogens (tertiary/aromatic N) is 1. The van der Waals surface area contributed by atoms with Crippen LogP contribution in [0, 0.1) is 0 Å². The lowest BCUT2D eigenvalue weighted by molar-refractivity contribution is -0.141. The molecule has 0 saturated carbocycles. The summed E-state index contributed by atoms with van der Waals surface area (Å²) >= 11 is 0. The zero-order valence-corrected chi connectivity index (χ0v) is 13.7. The molecule has 6 heteroatoms. The third-order valence-corrected chi connectivity index (χ3v) is 3.57. The summed E-state index contributed by atoms with van der Waals surface area (Å²) in [6.07, 6.45) is 0. The maximum Gasteiger partial charge on any atom is 0.325 e. The smallest absolute Gasteiger partial charge is 0.325 e. The van der Waals surface area contributed by atoms with Gasteiger partial charge < -0.3 is 20.1 Å². The quantitative estimate of drug-likeness (QED) is 0.648. The summed E-state index contributed by atoms with van der Waals surface area (Å²) in [7, 11) is 2.77. The number of ether oxygens (including phenoxy) is 2. The molecule has 0 aliphatic heterocycles. The van der Waals surface area contributed by atoms with Crippen LogP contribution < -0.4 is 10.5 Å². The van der Waals surface area contributed by atoms with E-state index < -0.39 is 5.97 Å². The van der Waals surface area contributed by atoms with Crippen LogP contribution >= 0.6 is 0 Å². The molecule has 0 saturated heterocycles. The fourth-order valence-corrected chi connectivity index (χ4v) is 2.30. The second-order valence-electron chi connectivity index (χ2n) is 5.14. The van der Waals surface area contributed by atoms with E-state index in [0.29, 0.717) is 5.75 Å². The number of nitrogens with two attached hydrogens (primary N) is 1. The van der Waals surface area contributed by atoms with Gasteiger partial charge in [-0.25, -0.2) is 0 Å². The molecule has 0 aliphatic carbocycles. The Kier molecular flexibility index (Phi) is 5.78. The fraction of sp³-hybridized carbons (Fsp3) is 0.222. The van der Waals surface area contributed by atoms with Gasteiger partial charge in [0.2, 0.25) is 0 Å². The average Bonchev–Trinajstić information content (AvgIpc) is 2.61. The van der Waals surface area contributed by atoms with Crippen molar-refractivity contribution in [3.05, 3.63) is 59.7 Å². The van der Waals surface area contributed by atoms with Gasteiger partial charge in [-0.05, 0) is 17.7 Å². The predicted octanol–water partition coefficient (Wildman–Crippen LogP) is 2.09. The van der Waals surface area contributed by atoms with Gasteiger partial charge in [0.25, 0.3) is 5.91 Å². The molecule has 0 spiro atoms. The maximum absolute atomic E-state index is 12.9. The molecular weight excluding hydrogens is 308 g/mol. The van der Waals surface area contributed by atoms with Crippen LogP contribution in [0.2, 0.25) is 0 Å². The number of rotatable bonds is 6. The van der Waals surface area contributed by atoms with Crippen molar-refractivity contribution in [2.45, 2.75) is 6.54 Å². The lowest BCUT2D eigenvalue weighted by Crippen LogP contribution is -2.36. The summed E-state index contributed by atoms with van der Waals surface area (Å²) in [5, 5.41) is 0. The number of nitrogen functional groups attached to an aromatic ring is 1. The second-order valence-corrected chi connectivity index (χ2v) is 5.14. The number of esters is 1. The number of amides is 1. The summed E-state index contributed by atoms with van der Waals surface area (Å²) in [5.74, 6) is -0.444. The van der Waals surface area contributed by atoms with E-state index in [0.717, 1.165) is 5.56 Å². The molecular formula is C18H20N2O4. The lowest BCUT2D eigenvalue weighted by atomic mass is 10.1. The Labute approximate surface area is 140 Å². The average molecular weight is 328 g/mol. The largest absolute Gasteiger partial charge is 0.495 e. The summed E-state index contributed by atoms with van der Waals surface area (Å²) in [6.45, 7) is 0.103. The molecule has 0 atom stereocenters. The van der Waals surface area contributed by atoms with E-state index in [1.807, 2.05) is 30.3 Å². The van der Waals surface area contributed by atoms with Gasteiger partial charge in [-0.1, -0.05) is 36.4 Å². The monoisotopic (exact) mass is 328 g/mol. The van der Waals surface area contributed by atoms with Crippen LogP contribution in [0.1, 0.15) is 15.9 Å². The summed E-state index contributed by atoms with van der Waals surface area (Å²) in [4.78, 5) is 26.0. The van der Waals surface area contributed by atoms with E-state index in [-0.39, 0.29) is 30.2 Å². The molecule has 2 rings (SSSR count). The van der Waals surface area contributed by atoms with Crippen molar-refractivity contribution < 1.29 is 19.1 Å². The third-order valence-electron chi connectivity index (χ3n) is 3.57. The number of benzene rings is 2. The molecule has 6 nitrogen and oxygen atoms in total. The van der Waals surface area contributed by atoms with Crippen molar-refractivity contribution in [3.8, 4) is 5.75 Å². The maximum atomic E-state index is 12.9. The minimum atomic E-state index is -0.499. The van der Waals surface area contributed by atoms with Crippen molar-refractivity contribution in [2.75, 3.05) is 26.5 Å². The molecule has 0 aromatic heterocycles. The summed E-state index contributed by atoms with van der Waals surface area (Å²) < 4.78 is 9.84. The molecule has 1 amide bonds. The van der Waals surface area contributed by atoms with E-state index >= 15 is 0 Å². The number of hydrogen-bond acceptors (Lipinski definition) is 5. The zero-order chi connectivity index (χ0) is 17.5. The van der Waals surface area contributed by atoms with Crippen LogP contribution in [0.5, 0.6) is 5.75 Å².